The predicted octanol–water partition coefficient (Wildman–Crippen LogP) is 23.2. The van der Waals surface area contributed by atoms with Crippen LogP contribution in [0.2, 0.25) is 0 Å². The zero-order chi connectivity index (χ0) is 73.2. The van der Waals surface area contributed by atoms with Gasteiger partial charge in [-0.25, -0.2) is 0 Å². The summed E-state index contributed by atoms with van der Waals surface area (Å²) in [5, 5.41) is 26.1. The summed E-state index contributed by atoms with van der Waals surface area (Å²) in [7, 11) is 0. The highest BCUT2D eigenvalue weighted by molar-refractivity contribution is 7.00. The van der Waals surface area contributed by atoms with Gasteiger partial charge in [-0.2, -0.15) is 10.5 Å². The summed E-state index contributed by atoms with van der Waals surface area (Å²) in [6, 6.07) is 98.8. The van der Waals surface area contributed by atoms with Gasteiger partial charge in [-0.1, -0.05) is 217 Å². The highest BCUT2D eigenvalue weighted by Crippen LogP contribution is 2.55. The van der Waals surface area contributed by atoms with Gasteiger partial charge in [0.25, 0.3) is 6.71 Å². The van der Waals surface area contributed by atoms with Crippen molar-refractivity contribution >= 4 is 123 Å². The van der Waals surface area contributed by atoms with Crippen molar-refractivity contribution in [3.63, 3.8) is 0 Å². The maximum Gasteiger partial charge on any atom is 0.252 e. The van der Waals surface area contributed by atoms with Crippen LogP contribution in [0.1, 0.15) is 74.8 Å². The van der Waals surface area contributed by atoms with Crippen LogP contribution in [0.15, 0.2) is 296 Å². The average molecular weight is 1330 g/mol. The third kappa shape index (κ3) is 9.62. The minimum absolute atomic E-state index is 0.0672. The third-order valence-electron chi connectivity index (χ3n) is 21.4. The first-order chi connectivity index (χ1) is 51.8. The molecule has 0 saturated carbocycles. The minimum atomic E-state index is -0.548. The summed E-state index contributed by atoms with van der Waals surface area (Å²) < 4.78 is 49.5. The molecule has 5 heterocycles. The van der Waals surface area contributed by atoms with Crippen LogP contribution in [0.4, 0.5) is 34.1 Å². The Morgan fingerprint density at radius 2 is 0.854 bits per heavy atom. The number of hydrogen-bond donors (Lipinski definition) is 0. The van der Waals surface area contributed by atoms with E-state index < -0.39 is 6.71 Å². The minimum Gasteiger partial charge on any atom is -0.454 e. The molecule has 488 valence electrons. The number of fused-ring (bicyclic) bond motifs is 14. The largest absolute Gasteiger partial charge is 0.454 e. The Bertz CT molecular complexity index is 6550. The zero-order valence-corrected chi connectivity index (χ0v) is 58.1. The second kappa shape index (κ2) is 23.1. The lowest BCUT2D eigenvalue weighted by Crippen LogP contribution is -2.61. The summed E-state index contributed by atoms with van der Waals surface area (Å²) >= 11 is 0. The molecule has 0 aliphatic carbocycles. The van der Waals surface area contributed by atoms with Crippen LogP contribution in [-0.2, 0) is 10.8 Å². The number of para-hydroxylation sites is 1. The standard InChI is InChI=1S/C95H69BN6O/c1-58-46-73(63-26-16-10-17-27-63)91(74(47-58)64-28-18-11-19-29-64)102-86-53-68(99-84-44-35-66(94(2,3)4)51-77(84)78-52-67(95(5,6)7)36-45-85(78)99)37-39-79(86)96-80-40-38-71-70-30-20-21-31-89(70)103-93(71)92(80)101(81-43-34-65(61-22-12-8-13-23-61)50-72(81)62-24-14-9-15-25-62)87-54-69(55-88(102)90(87)96)100-82-41-32-59(56-97)48-75(82)76-49-60(57-98)33-42-83(76)100/h8-55H,1-7H3/i20D,21D,30D,31D. The van der Waals surface area contributed by atoms with Gasteiger partial charge in [0.1, 0.15) is 5.58 Å². The molecule has 103 heavy (non-hydrogen) atoms. The number of aromatic nitrogens is 2. The molecule has 14 aromatic carbocycles. The summed E-state index contributed by atoms with van der Waals surface area (Å²) in [4.78, 5) is 4.89. The van der Waals surface area contributed by atoms with Gasteiger partial charge < -0.3 is 23.4 Å². The van der Waals surface area contributed by atoms with Crippen molar-refractivity contribution in [2.24, 2.45) is 0 Å². The lowest BCUT2D eigenvalue weighted by atomic mass is 9.33. The molecule has 0 amide bonds. The van der Waals surface area contributed by atoms with E-state index >= 15 is 0 Å². The van der Waals surface area contributed by atoms with Crippen LogP contribution in [-0.4, -0.2) is 15.8 Å². The molecule has 2 aliphatic heterocycles. The molecule has 19 rings (SSSR count). The quantitative estimate of drug-likeness (QED) is 0.142. The fraction of sp³-hybridized carbons (Fsp3) is 0.0947. The van der Waals surface area contributed by atoms with Crippen molar-refractivity contribution < 1.29 is 9.90 Å². The fourth-order valence-electron chi connectivity index (χ4n) is 16.5. The van der Waals surface area contributed by atoms with E-state index in [1.165, 1.54) is 21.9 Å². The second-order valence-corrected chi connectivity index (χ2v) is 29.7. The molecule has 0 unspecified atom stereocenters. The van der Waals surface area contributed by atoms with Gasteiger partial charge in [-0.05, 0) is 194 Å². The summed E-state index contributed by atoms with van der Waals surface area (Å²) in [6.07, 6.45) is 0. The Balaban J connectivity index is 1.03. The maximum atomic E-state index is 10.6. The molecule has 7 nitrogen and oxygen atoms in total. The summed E-state index contributed by atoms with van der Waals surface area (Å²) in [6.45, 7) is 15.3. The Hall–Kier alpha value is -12.9. The van der Waals surface area contributed by atoms with Gasteiger partial charge in [0.15, 0.2) is 5.58 Å². The van der Waals surface area contributed by atoms with E-state index in [-0.39, 0.29) is 40.6 Å². The Morgan fingerprint density at radius 1 is 0.379 bits per heavy atom. The number of anilines is 6. The van der Waals surface area contributed by atoms with Crippen molar-refractivity contribution in [3.8, 4) is 68.0 Å². The number of aryl methyl sites for hydroxylation is 1. The normalized spacial score (nSPS) is 13.3. The third-order valence-corrected chi connectivity index (χ3v) is 21.4. The first-order valence-electron chi connectivity index (χ1n) is 37.2. The maximum absolute atomic E-state index is 10.6. The first-order valence-corrected chi connectivity index (χ1v) is 35.2. The summed E-state index contributed by atoms with van der Waals surface area (Å²) in [5.41, 5.74) is 26.3. The molecule has 0 bridgehead atoms. The monoisotopic (exact) mass is 1320 g/mol. The van der Waals surface area contributed by atoms with E-state index in [0.717, 1.165) is 139 Å². The fourth-order valence-corrected chi connectivity index (χ4v) is 16.5. The summed E-state index contributed by atoms with van der Waals surface area (Å²) in [5.74, 6) is 0. The van der Waals surface area contributed by atoms with Crippen LogP contribution in [0.3, 0.4) is 0 Å². The second-order valence-electron chi connectivity index (χ2n) is 29.7. The lowest BCUT2D eigenvalue weighted by molar-refractivity contribution is 0.590. The SMILES string of the molecule is [2H]c1c([2H])c([2H])c2c(oc3c4c(ccc32)B2c3ccc(-n5c6ccc(C(C)(C)C)cc6c6cc(C(C)(C)C)ccc65)cc3N(c3c(-c5ccccc5)cc(C)cc3-c3ccccc3)c3cc(-n5c6ccc(C#N)cc6c6cc(C#N)ccc65)cc(c32)N4c2ccc(-c3ccccc3)cc2-c2ccccc2)c1[2H]. The number of rotatable bonds is 8. The van der Waals surface area contributed by atoms with Crippen LogP contribution in [0.5, 0.6) is 0 Å². The molecule has 0 atom stereocenters. The van der Waals surface area contributed by atoms with Crippen LogP contribution in [0, 0.1) is 29.6 Å². The lowest BCUT2D eigenvalue weighted by Gasteiger charge is -2.45. The molecule has 17 aromatic rings. The highest BCUT2D eigenvalue weighted by atomic mass is 16.3. The van der Waals surface area contributed by atoms with E-state index in [0.29, 0.717) is 33.2 Å². The number of nitrogens with zero attached hydrogens (tertiary/aromatic N) is 6. The number of benzene rings is 14. The number of nitriles is 2. The van der Waals surface area contributed by atoms with Gasteiger partial charge in [0.05, 0.1) is 73.6 Å². The van der Waals surface area contributed by atoms with Crippen molar-refractivity contribution in [3.05, 3.63) is 319 Å². The van der Waals surface area contributed by atoms with Crippen LogP contribution in [0.25, 0.3) is 121 Å². The smallest absolute Gasteiger partial charge is 0.252 e. The van der Waals surface area contributed by atoms with E-state index in [1.807, 2.05) is 54.6 Å². The molecule has 3 aromatic heterocycles. The van der Waals surface area contributed by atoms with Gasteiger partial charge in [-0.15, -0.1) is 0 Å². The molecule has 0 saturated heterocycles. The van der Waals surface area contributed by atoms with E-state index in [2.05, 4.69) is 292 Å². The van der Waals surface area contributed by atoms with Crippen molar-refractivity contribution in [1.82, 2.24) is 9.13 Å². The molecule has 0 spiro atoms. The topological polar surface area (TPSA) is 77.1 Å². The first kappa shape index (κ1) is 56.9. The van der Waals surface area contributed by atoms with Crippen molar-refractivity contribution in [2.75, 3.05) is 9.80 Å². The zero-order valence-electron chi connectivity index (χ0n) is 62.1. The molecule has 0 N–H and O–H groups in total. The number of furan rings is 1. The molecule has 0 fully saturated rings. The molecular weight excluding hydrogens is 1250 g/mol. The van der Waals surface area contributed by atoms with Gasteiger partial charge in [-0.3, -0.25) is 0 Å². The number of hydrogen-bond acceptors (Lipinski definition) is 5. The van der Waals surface area contributed by atoms with Gasteiger partial charge >= 0.3 is 0 Å². The molecule has 2 aliphatic rings. The predicted molar refractivity (Wildman–Crippen MR) is 430 cm³/mol. The molecule has 8 heteroatoms. The van der Waals surface area contributed by atoms with Gasteiger partial charge in [0, 0.05) is 71.8 Å². The van der Waals surface area contributed by atoms with Crippen molar-refractivity contribution in [1.29, 1.82) is 10.5 Å². The molecular formula is C95H69BN6O. The van der Waals surface area contributed by atoms with E-state index in [4.69, 9.17) is 7.16 Å². The average Bonchev–Trinajstić information content (AvgIpc) is 1.60. The van der Waals surface area contributed by atoms with Gasteiger partial charge in [0.2, 0.25) is 0 Å². The Labute approximate surface area is 604 Å². The van der Waals surface area contributed by atoms with E-state index in [1.54, 1.807) is 0 Å². The van der Waals surface area contributed by atoms with E-state index in [9.17, 15) is 13.3 Å². The molecule has 0 radical (unpaired) electrons. The van der Waals surface area contributed by atoms with Crippen molar-refractivity contribution in [2.45, 2.75) is 59.3 Å². The van der Waals surface area contributed by atoms with Crippen LogP contribution < -0.4 is 26.2 Å². The Morgan fingerprint density at radius 3 is 1.40 bits per heavy atom. The van der Waals surface area contributed by atoms with Crippen LogP contribution >= 0.6 is 0 Å². The highest BCUT2D eigenvalue weighted by Gasteiger charge is 2.47. The Kier molecular flexibility index (Phi) is 12.8.